The lowest BCUT2D eigenvalue weighted by molar-refractivity contribution is 0.479. The van der Waals surface area contributed by atoms with Gasteiger partial charge in [0.25, 0.3) is 0 Å². The van der Waals surface area contributed by atoms with Crippen LogP contribution in [0.25, 0.3) is 0 Å². The number of nitrogens with zero attached hydrogens (tertiary/aromatic N) is 3. The number of aryl methyl sites for hydroxylation is 2. The number of rotatable bonds is 6. The van der Waals surface area contributed by atoms with Gasteiger partial charge in [0.1, 0.15) is 5.82 Å². The fourth-order valence-corrected chi connectivity index (χ4v) is 3.31. The quantitative estimate of drug-likeness (QED) is 0.890. The lowest BCUT2D eigenvalue weighted by atomic mass is 10.0. The van der Waals surface area contributed by atoms with Crippen molar-refractivity contribution in [1.82, 2.24) is 15.1 Å². The van der Waals surface area contributed by atoms with Gasteiger partial charge in [-0.1, -0.05) is 30.3 Å². The van der Waals surface area contributed by atoms with Crippen molar-refractivity contribution in [2.24, 2.45) is 13.0 Å². The number of aromatic nitrogens is 2. The molecule has 0 amide bonds. The van der Waals surface area contributed by atoms with Crippen molar-refractivity contribution in [3.63, 3.8) is 0 Å². The Balaban J connectivity index is 1.79. The molecular formula is C18H26N4. The third-order valence-corrected chi connectivity index (χ3v) is 4.49. The highest BCUT2D eigenvalue weighted by Crippen LogP contribution is 2.41. The molecule has 4 nitrogen and oxygen atoms in total. The molecule has 118 valence electrons. The average molecular weight is 298 g/mol. The highest BCUT2D eigenvalue weighted by atomic mass is 15.4. The normalized spacial score (nSPS) is 15.8. The Bertz CT molecular complexity index is 626. The van der Waals surface area contributed by atoms with Gasteiger partial charge in [0, 0.05) is 39.3 Å². The summed E-state index contributed by atoms with van der Waals surface area (Å²) in [5.41, 5.74) is 3.81. The van der Waals surface area contributed by atoms with Gasteiger partial charge in [-0.2, -0.15) is 5.10 Å². The summed E-state index contributed by atoms with van der Waals surface area (Å²) < 4.78 is 1.97. The van der Waals surface area contributed by atoms with E-state index in [1.165, 1.54) is 29.8 Å². The van der Waals surface area contributed by atoms with Gasteiger partial charge in [0.15, 0.2) is 0 Å². The van der Waals surface area contributed by atoms with Gasteiger partial charge in [0.05, 0.1) is 5.69 Å². The Hall–Kier alpha value is -1.81. The molecule has 0 aliphatic heterocycles. The Kier molecular flexibility index (Phi) is 4.21. The van der Waals surface area contributed by atoms with Crippen LogP contribution in [0.15, 0.2) is 30.3 Å². The summed E-state index contributed by atoms with van der Waals surface area (Å²) in [5.74, 6) is 1.97. The third-order valence-electron chi connectivity index (χ3n) is 4.49. The predicted octanol–water partition coefficient (Wildman–Crippen LogP) is 3.04. The molecule has 1 saturated carbocycles. The highest BCUT2D eigenvalue weighted by molar-refractivity contribution is 5.49. The first-order valence-electron chi connectivity index (χ1n) is 8.06. The standard InChI is InChI=1S/C18H26N4/c1-13-16(18(21(2)3)22(4)20-13)12-19-17(15-10-11-15)14-8-6-5-7-9-14/h5-9,15,17,19H,10-12H2,1-4H3/t17-/m0/s1. The molecule has 1 atom stereocenters. The Labute approximate surface area is 133 Å². The lowest BCUT2D eigenvalue weighted by Gasteiger charge is -2.21. The van der Waals surface area contributed by atoms with E-state index in [0.717, 1.165) is 18.2 Å². The summed E-state index contributed by atoms with van der Waals surface area (Å²) >= 11 is 0. The number of hydrogen-bond acceptors (Lipinski definition) is 3. The van der Waals surface area contributed by atoms with Crippen LogP contribution in [0.4, 0.5) is 5.82 Å². The zero-order valence-electron chi connectivity index (χ0n) is 14.0. The molecule has 1 aliphatic rings. The van der Waals surface area contributed by atoms with Crippen LogP contribution < -0.4 is 10.2 Å². The molecule has 1 aromatic carbocycles. The molecular weight excluding hydrogens is 272 g/mol. The molecule has 0 radical (unpaired) electrons. The molecule has 1 fully saturated rings. The van der Waals surface area contributed by atoms with Gasteiger partial charge in [-0.15, -0.1) is 0 Å². The van der Waals surface area contributed by atoms with Crippen molar-refractivity contribution in [1.29, 1.82) is 0 Å². The third kappa shape index (κ3) is 3.02. The van der Waals surface area contributed by atoms with Crippen LogP contribution in [-0.4, -0.2) is 23.9 Å². The molecule has 0 saturated heterocycles. The van der Waals surface area contributed by atoms with E-state index < -0.39 is 0 Å². The van der Waals surface area contributed by atoms with Gasteiger partial charge < -0.3 is 10.2 Å². The second-order valence-corrected chi connectivity index (χ2v) is 6.51. The maximum absolute atomic E-state index is 4.58. The summed E-state index contributed by atoms with van der Waals surface area (Å²) in [6.07, 6.45) is 2.66. The van der Waals surface area contributed by atoms with E-state index in [1.54, 1.807) is 0 Å². The molecule has 2 aromatic rings. The summed E-state index contributed by atoms with van der Waals surface area (Å²) in [4.78, 5) is 2.14. The van der Waals surface area contributed by atoms with E-state index in [2.05, 4.69) is 66.7 Å². The van der Waals surface area contributed by atoms with Crippen molar-refractivity contribution in [2.75, 3.05) is 19.0 Å². The van der Waals surface area contributed by atoms with Crippen LogP contribution in [0, 0.1) is 12.8 Å². The van der Waals surface area contributed by atoms with E-state index in [9.17, 15) is 0 Å². The molecule has 22 heavy (non-hydrogen) atoms. The number of nitrogens with one attached hydrogen (secondary N) is 1. The minimum atomic E-state index is 0.454. The predicted molar refractivity (Wildman–Crippen MR) is 91.0 cm³/mol. The molecule has 0 bridgehead atoms. The van der Waals surface area contributed by atoms with E-state index in [4.69, 9.17) is 0 Å². The van der Waals surface area contributed by atoms with Crippen molar-refractivity contribution in [3.05, 3.63) is 47.2 Å². The Morgan fingerprint density at radius 3 is 2.55 bits per heavy atom. The van der Waals surface area contributed by atoms with E-state index >= 15 is 0 Å². The average Bonchev–Trinajstić information content (AvgIpc) is 3.27. The Morgan fingerprint density at radius 1 is 1.27 bits per heavy atom. The van der Waals surface area contributed by atoms with Crippen molar-refractivity contribution < 1.29 is 0 Å². The second kappa shape index (κ2) is 6.13. The maximum Gasteiger partial charge on any atom is 0.130 e. The zero-order chi connectivity index (χ0) is 15.7. The minimum Gasteiger partial charge on any atom is -0.363 e. The van der Waals surface area contributed by atoms with Gasteiger partial charge >= 0.3 is 0 Å². The van der Waals surface area contributed by atoms with Crippen molar-refractivity contribution in [3.8, 4) is 0 Å². The van der Waals surface area contributed by atoms with Crippen LogP contribution in [0.5, 0.6) is 0 Å². The van der Waals surface area contributed by atoms with Crippen LogP contribution in [-0.2, 0) is 13.6 Å². The molecule has 4 heteroatoms. The lowest BCUT2D eigenvalue weighted by Crippen LogP contribution is -2.24. The summed E-state index contributed by atoms with van der Waals surface area (Å²) in [7, 11) is 6.17. The molecule has 1 heterocycles. The van der Waals surface area contributed by atoms with Gasteiger partial charge in [0.2, 0.25) is 0 Å². The van der Waals surface area contributed by atoms with E-state index in [-0.39, 0.29) is 0 Å². The second-order valence-electron chi connectivity index (χ2n) is 6.51. The molecule has 3 rings (SSSR count). The van der Waals surface area contributed by atoms with Gasteiger partial charge in [-0.05, 0) is 31.2 Å². The number of anilines is 1. The highest BCUT2D eigenvalue weighted by Gasteiger charge is 2.32. The van der Waals surface area contributed by atoms with E-state index in [0.29, 0.717) is 6.04 Å². The van der Waals surface area contributed by atoms with E-state index in [1.807, 2.05) is 11.7 Å². The van der Waals surface area contributed by atoms with Crippen molar-refractivity contribution >= 4 is 5.82 Å². The topological polar surface area (TPSA) is 33.1 Å². The number of hydrogen-bond donors (Lipinski definition) is 1. The first-order valence-corrected chi connectivity index (χ1v) is 8.06. The maximum atomic E-state index is 4.58. The zero-order valence-corrected chi connectivity index (χ0v) is 14.0. The largest absolute Gasteiger partial charge is 0.363 e. The summed E-state index contributed by atoms with van der Waals surface area (Å²) in [5, 5.41) is 8.36. The van der Waals surface area contributed by atoms with Crippen LogP contribution in [0.1, 0.15) is 35.7 Å². The van der Waals surface area contributed by atoms with Crippen LogP contribution in [0.3, 0.4) is 0 Å². The first-order chi connectivity index (χ1) is 10.6. The summed E-state index contributed by atoms with van der Waals surface area (Å²) in [6, 6.07) is 11.3. The first kappa shape index (κ1) is 15.1. The molecule has 1 N–H and O–H groups in total. The van der Waals surface area contributed by atoms with Crippen LogP contribution >= 0.6 is 0 Å². The van der Waals surface area contributed by atoms with Gasteiger partial charge in [-0.25, -0.2) is 0 Å². The fourth-order valence-electron chi connectivity index (χ4n) is 3.31. The summed E-state index contributed by atoms with van der Waals surface area (Å²) in [6.45, 7) is 2.96. The Morgan fingerprint density at radius 2 is 1.95 bits per heavy atom. The van der Waals surface area contributed by atoms with Gasteiger partial charge in [-0.3, -0.25) is 4.68 Å². The SMILES string of the molecule is Cc1nn(C)c(N(C)C)c1CN[C@@H](c1ccccc1)C1CC1. The molecule has 1 aliphatic carbocycles. The molecule has 0 unspecified atom stereocenters. The minimum absolute atomic E-state index is 0.454. The fraction of sp³-hybridized carbons (Fsp3) is 0.500. The van der Waals surface area contributed by atoms with Crippen LogP contribution in [0.2, 0.25) is 0 Å². The van der Waals surface area contributed by atoms with Crippen molar-refractivity contribution in [2.45, 2.75) is 32.4 Å². The smallest absolute Gasteiger partial charge is 0.130 e. The molecule has 1 aromatic heterocycles. The monoisotopic (exact) mass is 298 g/mol. The number of benzene rings is 1. The molecule has 0 spiro atoms.